The zero-order chi connectivity index (χ0) is 14.5. The highest BCUT2D eigenvalue weighted by Crippen LogP contribution is 2.15. The van der Waals surface area contributed by atoms with E-state index in [0.29, 0.717) is 12.1 Å². The Morgan fingerprint density at radius 3 is 2.20 bits per heavy atom. The molecule has 0 fully saturated rings. The summed E-state index contributed by atoms with van der Waals surface area (Å²) in [7, 11) is 0. The van der Waals surface area contributed by atoms with Crippen LogP contribution in [0, 0.1) is 0 Å². The quantitative estimate of drug-likeness (QED) is 0.903. The smallest absolute Gasteiger partial charge is 0.335 e. The van der Waals surface area contributed by atoms with Crippen LogP contribution in [-0.4, -0.2) is 17.0 Å². The van der Waals surface area contributed by atoms with Gasteiger partial charge in [-0.3, -0.25) is 4.79 Å². The molecule has 0 spiro atoms. The summed E-state index contributed by atoms with van der Waals surface area (Å²) in [5, 5.41) is 11.6. The lowest BCUT2D eigenvalue weighted by Gasteiger charge is -2.07. The lowest BCUT2D eigenvalue weighted by molar-refractivity contribution is 0.0696. The summed E-state index contributed by atoms with van der Waals surface area (Å²) in [5.74, 6) is -1.25. The van der Waals surface area contributed by atoms with Gasteiger partial charge in [-0.1, -0.05) is 34.1 Å². The van der Waals surface area contributed by atoms with E-state index in [1.165, 1.54) is 24.3 Å². The normalized spacial score (nSPS) is 10.1. The summed E-state index contributed by atoms with van der Waals surface area (Å²) in [4.78, 5) is 22.7. The van der Waals surface area contributed by atoms with Crippen molar-refractivity contribution in [3.63, 3.8) is 0 Å². The number of rotatable bonds is 4. The van der Waals surface area contributed by atoms with E-state index >= 15 is 0 Å². The first-order valence-electron chi connectivity index (χ1n) is 5.93. The fourth-order valence-corrected chi connectivity index (χ4v) is 2.11. The van der Waals surface area contributed by atoms with Gasteiger partial charge in [0, 0.05) is 16.6 Å². The van der Waals surface area contributed by atoms with E-state index in [2.05, 4.69) is 21.2 Å². The zero-order valence-corrected chi connectivity index (χ0v) is 12.1. The number of benzene rings is 2. The maximum Gasteiger partial charge on any atom is 0.335 e. The van der Waals surface area contributed by atoms with Crippen LogP contribution in [0.2, 0.25) is 0 Å². The van der Waals surface area contributed by atoms with E-state index in [4.69, 9.17) is 5.11 Å². The third-order valence-electron chi connectivity index (χ3n) is 2.79. The molecule has 20 heavy (non-hydrogen) atoms. The van der Waals surface area contributed by atoms with Gasteiger partial charge in [0.2, 0.25) is 0 Å². The van der Waals surface area contributed by atoms with Crippen LogP contribution in [0.4, 0.5) is 0 Å². The van der Waals surface area contributed by atoms with Gasteiger partial charge < -0.3 is 10.4 Å². The minimum atomic E-state index is -1.01. The summed E-state index contributed by atoms with van der Waals surface area (Å²) >= 11 is 3.41. The molecule has 0 heterocycles. The molecule has 4 nitrogen and oxygen atoms in total. The van der Waals surface area contributed by atoms with Gasteiger partial charge in [0.15, 0.2) is 0 Å². The Balaban J connectivity index is 2.02. The first-order valence-corrected chi connectivity index (χ1v) is 6.72. The van der Waals surface area contributed by atoms with Crippen molar-refractivity contribution in [2.45, 2.75) is 6.54 Å². The number of amides is 1. The number of hydrogen-bond acceptors (Lipinski definition) is 2. The molecule has 0 aliphatic rings. The predicted octanol–water partition coefficient (Wildman–Crippen LogP) is 3.08. The Morgan fingerprint density at radius 1 is 1.00 bits per heavy atom. The number of nitrogens with one attached hydrogen (secondary N) is 1. The molecule has 2 aromatic rings. The van der Waals surface area contributed by atoms with E-state index < -0.39 is 5.97 Å². The first-order chi connectivity index (χ1) is 9.58. The van der Waals surface area contributed by atoms with Crippen LogP contribution in [0.1, 0.15) is 26.3 Å². The fourth-order valence-electron chi connectivity index (χ4n) is 1.68. The molecule has 2 aromatic carbocycles. The Bertz CT molecular complexity index is 638. The summed E-state index contributed by atoms with van der Waals surface area (Å²) in [5.41, 5.74) is 1.57. The maximum atomic E-state index is 11.9. The van der Waals surface area contributed by atoms with E-state index in [0.717, 1.165) is 10.0 Å². The van der Waals surface area contributed by atoms with Gasteiger partial charge in [-0.25, -0.2) is 4.79 Å². The fraction of sp³-hybridized carbons (Fsp3) is 0.0667. The van der Waals surface area contributed by atoms with Crippen molar-refractivity contribution < 1.29 is 14.7 Å². The van der Waals surface area contributed by atoms with E-state index in [1.54, 1.807) is 0 Å². The average molecular weight is 334 g/mol. The predicted molar refractivity (Wildman–Crippen MR) is 78.7 cm³/mol. The van der Waals surface area contributed by atoms with Crippen molar-refractivity contribution in [1.82, 2.24) is 5.32 Å². The number of halogens is 1. The topological polar surface area (TPSA) is 66.4 Å². The number of carboxylic acid groups (broad SMARTS) is 1. The SMILES string of the molecule is O=C(O)c1ccc(C(=O)NCc2ccccc2Br)cc1. The van der Waals surface area contributed by atoms with Crippen molar-refractivity contribution in [3.8, 4) is 0 Å². The van der Waals surface area contributed by atoms with Crippen molar-refractivity contribution in [3.05, 3.63) is 69.7 Å². The van der Waals surface area contributed by atoms with Crippen LogP contribution in [0.5, 0.6) is 0 Å². The molecule has 0 aliphatic heterocycles. The molecule has 2 N–H and O–H groups in total. The van der Waals surface area contributed by atoms with Crippen molar-refractivity contribution in [2.75, 3.05) is 0 Å². The molecule has 0 saturated heterocycles. The summed E-state index contributed by atoms with van der Waals surface area (Å²) < 4.78 is 0.932. The number of hydrogen-bond donors (Lipinski definition) is 2. The first kappa shape index (κ1) is 14.3. The van der Waals surface area contributed by atoms with Gasteiger partial charge in [0.05, 0.1) is 5.56 Å². The van der Waals surface area contributed by atoms with Gasteiger partial charge in [-0.15, -0.1) is 0 Å². The second kappa shape index (κ2) is 6.34. The number of aromatic carboxylic acids is 1. The lowest BCUT2D eigenvalue weighted by atomic mass is 10.1. The number of carbonyl (C=O) groups excluding carboxylic acids is 1. The summed E-state index contributed by atoms with van der Waals surface area (Å²) in [6, 6.07) is 13.4. The standard InChI is InChI=1S/C15H12BrNO3/c16-13-4-2-1-3-12(13)9-17-14(18)10-5-7-11(8-6-10)15(19)20/h1-8H,9H2,(H,17,18)(H,19,20). The third-order valence-corrected chi connectivity index (χ3v) is 3.56. The molecule has 5 heteroatoms. The molecular formula is C15H12BrNO3. The minimum Gasteiger partial charge on any atom is -0.478 e. The van der Waals surface area contributed by atoms with Crippen molar-refractivity contribution in [1.29, 1.82) is 0 Å². The molecule has 0 atom stereocenters. The van der Waals surface area contributed by atoms with Gasteiger partial charge in [-0.2, -0.15) is 0 Å². The van der Waals surface area contributed by atoms with Crippen LogP contribution in [-0.2, 0) is 6.54 Å². The highest BCUT2D eigenvalue weighted by Gasteiger charge is 2.08. The van der Waals surface area contributed by atoms with Crippen LogP contribution in [0.15, 0.2) is 53.0 Å². The molecule has 0 bridgehead atoms. The molecule has 2 rings (SSSR count). The van der Waals surface area contributed by atoms with Gasteiger partial charge in [0.25, 0.3) is 5.91 Å². The number of carboxylic acids is 1. The monoisotopic (exact) mass is 333 g/mol. The summed E-state index contributed by atoms with van der Waals surface area (Å²) in [6.45, 7) is 0.404. The molecular weight excluding hydrogens is 322 g/mol. The summed E-state index contributed by atoms with van der Waals surface area (Å²) in [6.07, 6.45) is 0. The number of carbonyl (C=O) groups is 2. The van der Waals surface area contributed by atoms with Gasteiger partial charge in [-0.05, 0) is 35.9 Å². The second-order valence-electron chi connectivity index (χ2n) is 4.16. The molecule has 0 saturated carbocycles. The second-order valence-corrected chi connectivity index (χ2v) is 5.01. The van der Waals surface area contributed by atoms with Crippen LogP contribution in [0.3, 0.4) is 0 Å². The molecule has 0 radical (unpaired) electrons. The Kier molecular flexibility index (Phi) is 4.53. The highest BCUT2D eigenvalue weighted by molar-refractivity contribution is 9.10. The van der Waals surface area contributed by atoms with Crippen LogP contribution in [0.25, 0.3) is 0 Å². The van der Waals surface area contributed by atoms with Crippen LogP contribution < -0.4 is 5.32 Å². The lowest BCUT2D eigenvalue weighted by Crippen LogP contribution is -2.23. The maximum absolute atomic E-state index is 11.9. The van der Waals surface area contributed by atoms with Crippen molar-refractivity contribution >= 4 is 27.8 Å². The molecule has 0 aromatic heterocycles. The van der Waals surface area contributed by atoms with E-state index in [9.17, 15) is 9.59 Å². The van der Waals surface area contributed by atoms with Gasteiger partial charge in [0.1, 0.15) is 0 Å². The molecule has 0 aliphatic carbocycles. The van der Waals surface area contributed by atoms with E-state index in [1.807, 2.05) is 24.3 Å². The largest absolute Gasteiger partial charge is 0.478 e. The minimum absolute atomic E-state index is 0.160. The van der Waals surface area contributed by atoms with Crippen molar-refractivity contribution in [2.24, 2.45) is 0 Å². The average Bonchev–Trinajstić information content (AvgIpc) is 2.46. The van der Waals surface area contributed by atoms with E-state index in [-0.39, 0.29) is 11.5 Å². The molecule has 0 unspecified atom stereocenters. The third kappa shape index (κ3) is 3.45. The Morgan fingerprint density at radius 2 is 1.60 bits per heavy atom. The Labute approximate surface area is 124 Å². The zero-order valence-electron chi connectivity index (χ0n) is 10.5. The van der Waals surface area contributed by atoms with Gasteiger partial charge >= 0.3 is 5.97 Å². The molecule has 1 amide bonds. The molecule has 102 valence electrons. The highest BCUT2D eigenvalue weighted by atomic mass is 79.9. The Hall–Kier alpha value is -2.14. The van der Waals surface area contributed by atoms with Crippen LogP contribution >= 0.6 is 15.9 Å².